The third-order valence-electron chi connectivity index (χ3n) is 4.78. The van der Waals surface area contributed by atoms with Crippen molar-refractivity contribution in [2.24, 2.45) is 5.92 Å². The van der Waals surface area contributed by atoms with Crippen molar-refractivity contribution in [3.8, 4) is 0 Å². The monoisotopic (exact) mass is 368 g/mol. The van der Waals surface area contributed by atoms with Crippen molar-refractivity contribution < 1.29 is 9.72 Å². The summed E-state index contributed by atoms with van der Waals surface area (Å²) in [6, 6.07) is 14.2. The van der Waals surface area contributed by atoms with Crippen molar-refractivity contribution in [2.75, 3.05) is 25.0 Å². The summed E-state index contributed by atoms with van der Waals surface area (Å²) >= 11 is 0. The number of nitro groups is 1. The molecular formula is C20H24N4O3. The van der Waals surface area contributed by atoms with E-state index in [2.05, 4.69) is 16.0 Å². The second kappa shape index (κ2) is 9.14. The average Bonchev–Trinajstić information content (AvgIpc) is 3.20. The lowest BCUT2D eigenvalue weighted by molar-refractivity contribution is -0.384. The Morgan fingerprint density at radius 1 is 1.22 bits per heavy atom. The molecule has 1 amide bonds. The highest BCUT2D eigenvalue weighted by atomic mass is 16.6. The quantitative estimate of drug-likeness (QED) is 0.492. The molecule has 3 rings (SSSR count). The van der Waals surface area contributed by atoms with Crippen LogP contribution in [0.4, 0.5) is 11.4 Å². The smallest absolute Gasteiger partial charge is 0.293 e. The van der Waals surface area contributed by atoms with Crippen LogP contribution in [0.15, 0.2) is 48.5 Å². The van der Waals surface area contributed by atoms with Crippen molar-refractivity contribution in [3.63, 3.8) is 0 Å². The lowest BCUT2D eigenvalue weighted by Crippen LogP contribution is -2.26. The van der Waals surface area contributed by atoms with Gasteiger partial charge in [-0.3, -0.25) is 14.9 Å². The molecule has 7 nitrogen and oxygen atoms in total. The van der Waals surface area contributed by atoms with Crippen molar-refractivity contribution in [1.29, 1.82) is 0 Å². The van der Waals surface area contributed by atoms with E-state index >= 15 is 0 Å². The molecule has 3 N–H and O–H groups in total. The first-order valence-electron chi connectivity index (χ1n) is 9.18. The van der Waals surface area contributed by atoms with Crippen molar-refractivity contribution in [2.45, 2.75) is 19.4 Å². The van der Waals surface area contributed by atoms with Gasteiger partial charge in [0.1, 0.15) is 5.69 Å². The molecule has 1 fully saturated rings. The van der Waals surface area contributed by atoms with Crippen LogP contribution in [0.5, 0.6) is 0 Å². The largest absolute Gasteiger partial charge is 0.375 e. The Kier molecular flexibility index (Phi) is 6.38. The second-order valence-corrected chi connectivity index (χ2v) is 6.73. The summed E-state index contributed by atoms with van der Waals surface area (Å²) in [5.41, 5.74) is 1.63. The van der Waals surface area contributed by atoms with Crippen LogP contribution in [0.1, 0.15) is 28.8 Å². The van der Waals surface area contributed by atoms with Gasteiger partial charge in [-0.05, 0) is 49.5 Å². The molecule has 1 heterocycles. The zero-order valence-corrected chi connectivity index (χ0v) is 15.1. The number of carbonyl (C=O) groups excluding carboxylic acids is 1. The lowest BCUT2D eigenvalue weighted by atomic mass is 10.1. The molecule has 0 bridgehead atoms. The van der Waals surface area contributed by atoms with E-state index in [-0.39, 0.29) is 11.6 Å². The number of hydrogen-bond acceptors (Lipinski definition) is 5. The van der Waals surface area contributed by atoms with Gasteiger partial charge in [0, 0.05) is 24.7 Å². The molecule has 27 heavy (non-hydrogen) atoms. The summed E-state index contributed by atoms with van der Waals surface area (Å²) in [4.78, 5) is 23.3. The Hall–Kier alpha value is -2.93. The van der Waals surface area contributed by atoms with E-state index in [0.29, 0.717) is 30.3 Å². The van der Waals surface area contributed by atoms with Crippen molar-refractivity contribution >= 4 is 17.3 Å². The lowest BCUT2D eigenvalue weighted by Gasteiger charge is -2.11. The summed E-state index contributed by atoms with van der Waals surface area (Å²) in [7, 11) is 0. The number of hydrogen-bond donors (Lipinski definition) is 3. The molecule has 1 unspecified atom stereocenters. The molecule has 7 heteroatoms. The number of nitrogens with one attached hydrogen (secondary N) is 3. The van der Waals surface area contributed by atoms with E-state index in [4.69, 9.17) is 0 Å². The fraction of sp³-hybridized carbons (Fsp3) is 0.350. The van der Waals surface area contributed by atoms with Crippen LogP contribution >= 0.6 is 0 Å². The van der Waals surface area contributed by atoms with Crippen molar-refractivity contribution in [3.05, 3.63) is 69.8 Å². The first kappa shape index (κ1) is 18.8. The molecule has 1 saturated heterocycles. The van der Waals surface area contributed by atoms with E-state index < -0.39 is 4.92 Å². The Morgan fingerprint density at radius 2 is 2.04 bits per heavy atom. The van der Waals surface area contributed by atoms with E-state index in [0.717, 1.165) is 31.5 Å². The molecule has 0 aliphatic carbocycles. The van der Waals surface area contributed by atoms with Gasteiger partial charge in [0.2, 0.25) is 0 Å². The van der Waals surface area contributed by atoms with Crippen LogP contribution in [-0.2, 0) is 6.54 Å². The van der Waals surface area contributed by atoms with Crippen LogP contribution in [0.3, 0.4) is 0 Å². The van der Waals surface area contributed by atoms with Gasteiger partial charge in [-0.2, -0.15) is 0 Å². The number of carbonyl (C=O) groups is 1. The van der Waals surface area contributed by atoms with Gasteiger partial charge in [-0.15, -0.1) is 0 Å². The van der Waals surface area contributed by atoms with E-state index in [1.54, 1.807) is 12.1 Å². The van der Waals surface area contributed by atoms with E-state index in [1.165, 1.54) is 6.07 Å². The molecule has 0 spiro atoms. The molecule has 2 aromatic rings. The van der Waals surface area contributed by atoms with Gasteiger partial charge in [-0.25, -0.2) is 0 Å². The molecule has 142 valence electrons. The minimum absolute atomic E-state index is 0.0985. The molecule has 0 aromatic heterocycles. The summed E-state index contributed by atoms with van der Waals surface area (Å²) in [6.45, 7) is 3.07. The summed E-state index contributed by atoms with van der Waals surface area (Å²) in [6.07, 6.45) is 2.04. The normalized spacial score (nSPS) is 16.1. The van der Waals surface area contributed by atoms with Crippen LogP contribution in [0, 0.1) is 16.0 Å². The maximum Gasteiger partial charge on any atom is 0.293 e. The predicted molar refractivity (Wildman–Crippen MR) is 105 cm³/mol. The topological polar surface area (TPSA) is 96.3 Å². The second-order valence-electron chi connectivity index (χ2n) is 6.73. The number of anilines is 1. The molecule has 1 aliphatic heterocycles. The Morgan fingerprint density at radius 3 is 2.74 bits per heavy atom. The molecule has 2 aromatic carbocycles. The average molecular weight is 368 g/mol. The maximum atomic E-state index is 12.3. The first-order chi connectivity index (χ1) is 13.1. The van der Waals surface area contributed by atoms with Crippen LogP contribution in [0.2, 0.25) is 0 Å². The number of amides is 1. The number of nitro benzene ring substituents is 1. The van der Waals surface area contributed by atoms with Gasteiger partial charge >= 0.3 is 0 Å². The third-order valence-corrected chi connectivity index (χ3v) is 4.78. The number of benzene rings is 2. The zero-order valence-electron chi connectivity index (χ0n) is 15.1. The Balaban J connectivity index is 1.61. The highest BCUT2D eigenvalue weighted by Crippen LogP contribution is 2.26. The predicted octanol–water partition coefficient (Wildman–Crippen LogP) is 2.94. The minimum atomic E-state index is -0.464. The minimum Gasteiger partial charge on any atom is -0.375 e. The summed E-state index contributed by atoms with van der Waals surface area (Å²) in [5.74, 6) is 0.308. The number of nitrogens with zero attached hydrogens (tertiary/aromatic N) is 1. The molecular weight excluding hydrogens is 344 g/mol. The Labute approximate surface area is 158 Å². The number of rotatable bonds is 8. The highest BCUT2D eigenvalue weighted by molar-refractivity contribution is 5.95. The molecule has 1 atom stereocenters. The highest BCUT2D eigenvalue weighted by Gasteiger charge is 2.18. The van der Waals surface area contributed by atoms with Gasteiger partial charge in [0.15, 0.2) is 0 Å². The first-order valence-corrected chi connectivity index (χ1v) is 9.18. The van der Waals surface area contributed by atoms with E-state index in [1.807, 2.05) is 30.3 Å². The SMILES string of the molecule is O=C(NCCC1CCNC1)c1ccc(NCc2ccccc2)c([N+](=O)[O-])c1. The molecule has 0 radical (unpaired) electrons. The third kappa shape index (κ3) is 5.27. The van der Waals surface area contributed by atoms with Gasteiger partial charge in [0.25, 0.3) is 11.6 Å². The maximum absolute atomic E-state index is 12.3. The van der Waals surface area contributed by atoms with Gasteiger partial charge < -0.3 is 16.0 Å². The van der Waals surface area contributed by atoms with Crippen LogP contribution < -0.4 is 16.0 Å². The summed E-state index contributed by atoms with van der Waals surface area (Å²) < 4.78 is 0. The van der Waals surface area contributed by atoms with Gasteiger partial charge in [-0.1, -0.05) is 30.3 Å². The molecule has 1 aliphatic rings. The summed E-state index contributed by atoms with van der Waals surface area (Å²) in [5, 5.41) is 20.7. The fourth-order valence-electron chi connectivity index (χ4n) is 3.22. The van der Waals surface area contributed by atoms with Gasteiger partial charge in [0.05, 0.1) is 4.92 Å². The Bertz CT molecular complexity index is 789. The molecule has 0 saturated carbocycles. The fourth-order valence-corrected chi connectivity index (χ4v) is 3.22. The zero-order chi connectivity index (χ0) is 19.1. The van der Waals surface area contributed by atoms with E-state index in [9.17, 15) is 14.9 Å². The standard InChI is InChI=1S/C20H24N4O3/c25-20(22-11-9-16-8-10-21-13-16)17-6-7-18(19(12-17)24(26)27)23-14-15-4-2-1-3-5-15/h1-7,12,16,21,23H,8-11,13-14H2,(H,22,25). The van der Waals surface area contributed by atoms with Crippen LogP contribution in [-0.4, -0.2) is 30.5 Å². The van der Waals surface area contributed by atoms with Crippen LogP contribution in [0.25, 0.3) is 0 Å². The van der Waals surface area contributed by atoms with Crippen molar-refractivity contribution in [1.82, 2.24) is 10.6 Å².